The van der Waals surface area contributed by atoms with E-state index in [9.17, 15) is 9.59 Å². The second-order valence-corrected chi connectivity index (χ2v) is 4.85. The zero-order valence-corrected chi connectivity index (χ0v) is 11.9. The molecule has 2 heterocycles. The summed E-state index contributed by atoms with van der Waals surface area (Å²) in [6.07, 6.45) is 1.52. The molecule has 0 spiro atoms. The molecule has 2 rings (SSSR count). The first-order valence-electron chi connectivity index (χ1n) is 5.93. The number of aromatic nitrogens is 2. The number of fused-ring (bicyclic) bond motifs is 1. The van der Waals surface area contributed by atoms with Crippen molar-refractivity contribution in [2.45, 2.75) is 6.54 Å². The van der Waals surface area contributed by atoms with Gasteiger partial charge in [-0.2, -0.15) is 0 Å². The minimum absolute atomic E-state index is 0.137. The van der Waals surface area contributed by atoms with Crippen molar-refractivity contribution in [1.82, 2.24) is 14.3 Å². The molecule has 7 heteroatoms. The van der Waals surface area contributed by atoms with Gasteiger partial charge in [0.15, 0.2) is 0 Å². The number of hydrogen-bond acceptors (Lipinski definition) is 5. The van der Waals surface area contributed by atoms with Crippen LogP contribution in [0.25, 0.3) is 5.65 Å². The first-order chi connectivity index (χ1) is 9.49. The Bertz CT molecular complexity index is 699. The third-order valence-electron chi connectivity index (χ3n) is 2.74. The van der Waals surface area contributed by atoms with Gasteiger partial charge in [-0.05, 0) is 19.2 Å². The number of hydrogen-bond donors (Lipinski definition) is 0. The molecular weight excluding hydrogens is 282 g/mol. The Kier molecular flexibility index (Phi) is 4.36. The summed E-state index contributed by atoms with van der Waals surface area (Å²) >= 11 is 5.84. The second kappa shape index (κ2) is 6.02. The Morgan fingerprint density at radius 3 is 2.95 bits per heavy atom. The largest absolute Gasteiger partial charge is 0.468 e. The quantitative estimate of drug-likeness (QED) is 0.786. The second-order valence-electron chi connectivity index (χ2n) is 4.41. The van der Waals surface area contributed by atoms with Crippen molar-refractivity contribution in [2.24, 2.45) is 0 Å². The maximum absolute atomic E-state index is 12.0. The molecule has 0 amide bonds. The Labute approximate surface area is 120 Å². The number of esters is 1. The summed E-state index contributed by atoms with van der Waals surface area (Å²) in [7, 11) is 3.09. The molecule has 0 fully saturated rings. The average Bonchev–Trinajstić information content (AvgIpc) is 2.39. The SMILES string of the molecule is COC(=O)CN(C)Cc1cc(=O)n2cc(Cl)ccc2n1. The number of methoxy groups -OCH3 is 1. The van der Waals surface area contributed by atoms with E-state index in [-0.39, 0.29) is 18.1 Å². The fourth-order valence-electron chi connectivity index (χ4n) is 1.82. The lowest BCUT2D eigenvalue weighted by molar-refractivity contribution is -0.141. The zero-order chi connectivity index (χ0) is 14.7. The van der Waals surface area contributed by atoms with E-state index in [0.717, 1.165) is 0 Å². The van der Waals surface area contributed by atoms with Crippen molar-refractivity contribution in [3.05, 3.63) is 45.5 Å². The van der Waals surface area contributed by atoms with Crippen molar-refractivity contribution in [1.29, 1.82) is 0 Å². The summed E-state index contributed by atoms with van der Waals surface area (Å²) in [5.74, 6) is -0.336. The molecule has 0 N–H and O–H groups in total. The summed E-state index contributed by atoms with van der Waals surface area (Å²) in [6, 6.07) is 4.77. The van der Waals surface area contributed by atoms with Crippen molar-refractivity contribution in [3.8, 4) is 0 Å². The molecule has 0 unspecified atom stereocenters. The van der Waals surface area contributed by atoms with Crippen LogP contribution in [0.1, 0.15) is 5.69 Å². The smallest absolute Gasteiger partial charge is 0.319 e. The highest BCUT2D eigenvalue weighted by atomic mass is 35.5. The van der Waals surface area contributed by atoms with Crippen LogP contribution >= 0.6 is 11.6 Å². The Balaban J connectivity index is 2.26. The van der Waals surface area contributed by atoms with Crippen LogP contribution in [0, 0.1) is 0 Å². The van der Waals surface area contributed by atoms with Crippen LogP contribution in [0.4, 0.5) is 0 Å². The zero-order valence-electron chi connectivity index (χ0n) is 11.2. The van der Waals surface area contributed by atoms with Gasteiger partial charge in [-0.25, -0.2) is 4.98 Å². The number of halogens is 1. The number of nitrogens with zero attached hydrogens (tertiary/aromatic N) is 3. The molecule has 0 aliphatic rings. The normalized spacial score (nSPS) is 11.0. The lowest BCUT2D eigenvalue weighted by atomic mass is 10.3. The summed E-state index contributed by atoms with van der Waals surface area (Å²) in [5.41, 5.74) is 0.895. The maximum atomic E-state index is 12.0. The van der Waals surface area contributed by atoms with Crippen LogP contribution in [0.15, 0.2) is 29.2 Å². The third-order valence-corrected chi connectivity index (χ3v) is 2.96. The average molecular weight is 296 g/mol. The molecule has 6 nitrogen and oxygen atoms in total. The van der Waals surface area contributed by atoms with Crippen LogP contribution in [0.3, 0.4) is 0 Å². The highest BCUT2D eigenvalue weighted by molar-refractivity contribution is 6.30. The summed E-state index contributed by atoms with van der Waals surface area (Å²) in [4.78, 5) is 29.2. The van der Waals surface area contributed by atoms with Gasteiger partial charge in [0.05, 0.1) is 24.4 Å². The minimum Gasteiger partial charge on any atom is -0.468 e. The van der Waals surface area contributed by atoms with Crippen LogP contribution < -0.4 is 5.56 Å². The van der Waals surface area contributed by atoms with Gasteiger partial charge in [-0.15, -0.1) is 0 Å². The van der Waals surface area contributed by atoms with Crippen LogP contribution in [0.2, 0.25) is 5.02 Å². The van der Waals surface area contributed by atoms with E-state index < -0.39 is 0 Å². The molecule has 0 radical (unpaired) electrons. The van der Waals surface area contributed by atoms with E-state index in [2.05, 4.69) is 9.72 Å². The van der Waals surface area contributed by atoms with E-state index in [1.807, 2.05) is 0 Å². The summed E-state index contributed by atoms with van der Waals surface area (Å²) < 4.78 is 5.97. The van der Waals surface area contributed by atoms with Gasteiger partial charge >= 0.3 is 5.97 Å². The Hall–Kier alpha value is -1.92. The predicted octanol–water partition coefficient (Wildman–Crippen LogP) is 0.953. The first kappa shape index (κ1) is 14.5. The van der Waals surface area contributed by atoms with Crippen molar-refractivity contribution < 1.29 is 9.53 Å². The predicted molar refractivity (Wildman–Crippen MR) is 74.8 cm³/mol. The van der Waals surface area contributed by atoms with E-state index in [4.69, 9.17) is 11.6 Å². The van der Waals surface area contributed by atoms with E-state index in [1.54, 1.807) is 24.1 Å². The van der Waals surface area contributed by atoms with Gasteiger partial charge in [0.25, 0.3) is 5.56 Å². The van der Waals surface area contributed by atoms with Crippen LogP contribution in [0.5, 0.6) is 0 Å². The molecular formula is C13H14ClN3O3. The molecule has 2 aromatic heterocycles. The molecule has 0 aromatic carbocycles. The molecule has 0 aliphatic carbocycles. The van der Waals surface area contributed by atoms with Gasteiger partial charge in [0.2, 0.25) is 0 Å². The third kappa shape index (κ3) is 3.34. The van der Waals surface area contributed by atoms with Crippen LogP contribution in [-0.2, 0) is 16.1 Å². The number of pyridine rings is 1. The number of likely N-dealkylation sites (N-methyl/N-ethyl adjacent to an activating group) is 1. The number of carbonyl (C=O) groups excluding carboxylic acids is 1. The van der Waals surface area contributed by atoms with Gasteiger partial charge in [0, 0.05) is 18.8 Å². The number of ether oxygens (including phenoxy) is 1. The Morgan fingerprint density at radius 2 is 2.25 bits per heavy atom. The molecule has 0 aliphatic heterocycles. The highest BCUT2D eigenvalue weighted by Crippen LogP contribution is 2.09. The molecule has 0 saturated carbocycles. The summed E-state index contributed by atoms with van der Waals surface area (Å²) in [6.45, 7) is 0.516. The first-order valence-corrected chi connectivity index (χ1v) is 6.30. The minimum atomic E-state index is -0.336. The topological polar surface area (TPSA) is 63.9 Å². The number of rotatable bonds is 4. The fraction of sp³-hybridized carbons (Fsp3) is 0.308. The number of carbonyl (C=O) groups is 1. The van der Waals surface area contributed by atoms with E-state index in [0.29, 0.717) is 22.9 Å². The molecule has 20 heavy (non-hydrogen) atoms. The van der Waals surface area contributed by atoms with E-state index in [1.165, 1.54) is 23.8 Å². The maximum Gasteiger partial charge on any atom is 0.319 e. The van der Waals surface area contributed by atoms with Gasteiger partial charge < -0.3 is 4.74 Å². The Morgan fingerprint density at radius 1 is 1.50 bits per heavy atom. The monoisotopic (exact) mass is 295 g/mol. The van der Waals surface area contributed by atoms with Gasteiger partial charge in [-0.1, -0.05) is 11.6 Å². The van der Waals surface area contributed by atoms with Crippen molar-refractivity contribution >= 4 is 23.2 Å². The van der Waals surface area contributed by atoms with Gasteiger partial charge in [0.1, 0.15) is 5.65 Å². The highest BCUT2D eigenvalue weighted by Gasteiger charge is 2.09. The van der Waals surface area contributed by atoms with Crippen molar-refractivity contribution in [3.63, 3.8) is 0 Å². The fourth-order valence-corrected chi connectivity index (χ4v) is 1.99. The van der Waals surface area contributed by atoms with Crippen molar-refractivity contribution in [2.75, 3.05) is 20.7 Å². The molecule has 0 bridgehead atoms. The van der Waals surface area contributed by atoms with Gasteiger partial charge in [-0.3, -0.25) is 18.9 Å². The molecule has 106 valence electrons. The molecule has 2 aromatic rings. The molecule has 0 atom stereocenters. The lowest BCUT2D eigenvalue weighted by Crippen LogP contribution is -2.27. The van der Waals surface area contributed by atoms with Crippen LogP contribution in [-0.4, -0.2) is 41.0 Å². The molecule has 0 saturated heterocycles. The van der Waals surface area contributed by atoms with E-state index >= 15 is 0 Å². The lowest BCUT2D eigenvalue weighted by Gasteiger charge is -2.14. The summed E-state index contributed by atoms with van der Waals surface area (Å²) in [5, 5.41) is 0.469. The standard InChI is InChI=1S/C13H14ClN3O3/c1-16(8-13(19)20-2)7-10-5-12(18)17-6-9(14)3-4-11(17)15-10/h3-6H,7-8H2,1-2H3.